The van der Waals surface area contributed by atoms with Gasteiger partial charge < -0.3 is 4.74 Å². The molecule has 2 aliphatic rings. The molecule has 4 rings (SSSR count). The summed E-state index contributed by atoms with van der Waals surface area (Å²) in [6.45, 7) is 4.07. The quantitative estimate of drug-likeness (QED) is 0.813. The minimum Gasteiger partial charge on any atom is -0.494 e. The highest BCUT2D eigenvalue weighted by Gasteiger charge is 2.63. The lowest BCUT2D eigenvalue weighted by molar-refractivity contribution is -0.136. The van der Waals surface area contributed by atoms with Gasteiger partial charge in [-0.2, -0.15) is 0 Å². The van der Waals surface area contributed by atoms with Crippen LogP contribution in [0.1, 0.15) is 37.8 Å². The highest BCUT2D eigenvalue weighted by atomic mass is 16.5. The topological polar surface area (TPSA) is 26.3 Å². The molecule has 0 radical (unpaired) electrons. The molecule has 2 atom stereocenters. The second kappa shape index (κ2) is 5.62. The summed E-state index contributed by atoms with van der Waals surface area (Å²) in [5.41, 5.74) is 2.87. The number of allylic oxidation sites excluding steroid dienone is 2. The first-order chi connectivity index (χ1) is 11.6. The predicted molar refractivity (Wildman–Crippen MR) is 95.4 cm³/mol. The molecule has 1 fully saturated rings. The second-order valence-electron chi connectivity index (χ2n) is 7.04. The Morgan fingerprint density at radius 1 is 0.958 bits per heavy atom. The van der Waals surface area contributed by atoms with Gasteiger partial charge in [0.25, 0.3) is 0 Å². The summed E-state index contributed by atoms with van der Waals surface area (Å²) in [4.78, 5) is 12.9. The van der Waals surface area contributed by atoms with E-state index >= 15 is 0 Å². The van der Waals surface area contributed by atoms with E-state index in [0.717, 1.165) is 17.7 Å². The Hall–Kier alpha value is -2.35. The summed E-state index contributed by atoms with van der Waals surface area (Å²) >= 11 is 0. The van der Waals surface area contributed by atoms with E-state index in [1.54, 1.807) is 0 Å². The Morgan fingerprint density at radius 2 is 1.58 bits per heavy atom. The molecular formula is C22H22O2. The molecule has 0 unspecified atom stereocenters. The third-order valence-electron chi connectivity index (χ3n) is 5.27. The van der Waals surface area contributed by atoms with Crippen molar-refractivity contribution < 1.29 is 9.53 Å². The van der Waals surface area contributed by atoms with Crippen LogP contribution in [0.3, 0.4) is 0 Å². The Morgan fingerprint density at radius 3 is 2.17 bits per heavy atom. The summed E-state index contributed by atoms with van der Waals surface area (Å²) in [5.74, 6) is 1.49. The Labute approximate surface area is 143 Å². The molecular weight excluding hydrogens is 296 g/mol. The molecule has 0 spiro atoms. The number of ether oxygens (including phenoxy) is 1. The largest absolute Gasteiger partial charge is 0.494 e. The first-order valence-electron chi connectivity index (χ1n) is 8.68. The lowest BCUT2D eigenvalue weighted by Gasteiger charge is -2.45. The maximum absolute atomic E-state index is 12.9. The molecule has 2 aromatic rings. The molecule has 24 heavy (non-hydrogen) atoms. The van der Waals surface area contributed by atoms with Crippen molar-refractivity contribution in [3.8, 4) is 0 Å². The molecule has 0 amide bonds. The standard InChI is InChI=1S/C22H22O2/c1-15(2)24-21-19(16-9-5-3-6-10-16)13-18-14-20(23)22(18,21)17-11-7-4-8-12-17/h3-12,15,18H,13-14H2,1-2H3/t18-,22-/m0/s1. The number of carbonyl (C=O) groups is 1. The summed E-state index contributed by atoms with van der Waals surface area (Å²) in [7, 11) is 0. The summed E-state index contributed by atoms with van der Waals surface area (Å²) in [6, 6.07) is 20.5. The number of rotatable bonds is 4. The molecule has 2 heteroatoms. The lowest BCUT2D eigenvalue weighted by atomic mass is 9.57. The zero-order valence-corrected chi connectivity index (χ0v) is 14.2. The van der Waals surface area contributed by atoms with Crippen molar-refractivity contribution in [2.45, 2.75) is 38.2 Å². The van der Waals surface area contributed by atoms with Gasteiger partial charge in [-0.25, -0.2) is 0 Å². The molecule has 0 heterocycles. The van der Waals surface area contributed by atoms with Gasteiger partial charge in [0.1, 0.15) is 11.2 Å². The Kier molecular flexibility index (Phi) is 3.56. The molecule has 122 valence electrons. The highest BCUT2D eigenvalue weighted by molar-refractivity contribution is 6.04. The fourth-order valence-electron chi connectivity index (χ4n) is 4.27. The fourth-order valence-corrected chi connectivity index (χ4v) is 4.27. The Balaban J connectivity index is 1.92. The van der Waals surface area contributed by atoms with E-state index < -0.39 is 5.41 Å². The van der Waals surface area contributed by atoms with Crippen LogP contribution in [0.2, 0.25) is 0 Å². The molecule has 2 aromatic carbocycles. The normalized spacial score (nSPS) is 25.6. The van der Waals surface area contributed by atoms with Gasteiger partial charge in [-0.15, -0.1) is 0 Å². The van der Waals surface area contributed by atoms with Crippen LogP contribution in [-0.2, 0) is 14.9 Å². The zero-order chi connectivity index (χ0) is 16.7. The first kappa shape index (κ1) is 15.2. The van der Waals surface area contributed by atoms with Crippen LogP contribution in [0.15, 0.2) is 66.4 Å². The number of benzene rings is 2. The van der Waals surface area contributed by atoms with Crippen LogP contribution in [-0.4, -0.2) is 11.9 Å². The second-order valence-corrected chi connectivity index (χ2v) is 7.04. The Bertz CT molecular complexity index is 789. The van der Waals surface area contributed by atoms with Crippen LogP contribution in [0.5, 0.6) is 0 Å². The van der Waals surface area contributed by atoms with Gasteiger partial charge in [-0.3, -0.25) is 4.79 Å². The predicted octanol–water partition coefficient (Wildman–Crippen LogP) is 4.75. The molecule has 0 bridgehead atoms. The maximum Gasteiger partial charge on any atom is 0.151 e. The summed E-state index contributed by atoms with van der Waals surface area (Å²) in [6.07, 6.45) is 1.61. The van der Waals surface area contributed by atoms with Gasteiger partial charge in [0, 0.05) is 6.42 Å². The molecule has 2 aliphatic carbocycles. The van der Waals surface area contributed by atoms with Crippen molar-refractivity contribution in [1.29, 1.82) is 0 Å². The molecule has 1 saturated carbocycles. The number of hydrogen-bond acceptors (Lipinski definition) is 2. The van der Waals surface area contributed by atoms with E-state index in [1.165, 1.54) is 11.1 Å². The molecule has 0 aliphatic heterocycles. The van der Waals surface area contributed by atoms with Crippen molar-refractivity contribution in [2.24, 2.45) is 5.92 Å². The van der Waals surface area contributed by atoms with E-state index in [9.17, 15) is 4.79 Å². The number of hydrogen-bond donors (Lipinski definition) is 0. The summed E-state index contributed by atoms with van der Waals surface area (Å²) < 4.78 is 6.30. The minimum absolute atomic E-state index is 0.0476. The van der Waals surface area contributed by atoms with Crippen molar-refractivity contribution in [3.63, 3.8) is 0 Å². The number of ketones is 1. The molecule has 0 saturated heterocycles. The maximum atomic E-state index is 12.9. The van der Waals surface area contributed by atoms with E-state index in [-0.39, 0.29) is 6.10 Å². The van der Waals surface area contributed by atoms with Gasteiger partial charge >= 0.3 is 0 Å². The average molecular weight is 318 g/mol. The van der Waals surface area contributed by atoms with Gasteiger partial charge in [-0.05, 0) is 42.9 Å². The molecule has 0 aromatic heterocycles. The van der Waals surface area contributed by atoms with E-state index in [2.05, 4.69) is 24.3 Å². The van der Waals surface area contributed by atoms with Crippen LogP contribution >= 0.6 is 0 Å². The third kappa shape index (κ3) is 2.06. The van der Waals surface area contributed by atoms with Crippen molar-refractivity contribution in [1.82, 2.24) is 0 Å². The number of carbonyl (C=O) groups excluding carboxylic acids is 1. The van der Waals surface area contributed by atoms with Crippen LogP contribution < -0.4 is 0 Å². The van der Waals surface area contributed by atoms with E-state index in [4.69, 9.17) is 4.74 Å². The summed E-state index contributed by atoms with van der Waals surface area (Å²) in [5, 5.41) is 0. The lowest BCUT2D eigenvalue weighted by Crippen LogP contribution is -2.53. The minimum atomic E-state index is -0.573. The van der Waals surface area contributed by atoms with E-state index in [1.807, 2.05) is 50.2 Å². The third-order valence-corrected chi connectivity index (χ3v) is 5.27. The highest BCUT2D eigenvalue weighted by Crippen LogP contribution is 2.61. The van der Waals surface area contributed by atoms with Gasteiger partial charge in [0.15, 0.2) is 5.78 Å². The number of fused-ring (bicyclic) bond motifs is 1. The van der Waals surface area contributed by atoms with Crippen molar-refractivity contribution in [2.75, 3.05) is 0 Å². The monoisotopic (exact) mass is 318 g/mol. The van der Waals surface area contributed by atoms with Crippen molar-refractivity contribution >= 4 is 11.4 Å². The van der Waals surface area contributed by atoms with Crippen LogP contribution in [0.25, 0.3) is 5.57 Å². The molecule has 2 nitrogen and oxygen atoms in total. The first-order valence-corrected chi connectivity index (χ1v) is 8.68. The van der Waals surface area contributed by atoms with Crippen molar-refractivity contribution in [3.05, 3.63) is 77.5 Å². The fraction of sp³-hybridized carbons (Fsp3) is 0.318. The molecule has 0 N–H and O–H groups in total. The van der Waals surface area contributed by atoms with Gasteiger partial charge in [-0.1, -0.05) is 60.7 Å². The van der Waals surface area contributed by atoms with Gasteiger partial charge in [0.2, 0.25) is 0 Å². The zero-order valence-electron chi connectivity index (χ0n) is 14.2. The van der Waals surface area contributed by atoms with E-state index in [0.29, 0.717) is 18.1 Å². The van der Waals surface area contributed by atoms with Gasteiger partial charge in [0.05, 0.1) is 6.10 Å². The number of Topliss-reactive ketones (excluding diaryl/α,β-unsaturated/α-hetero) is 1. The average Bonchev–Trinajstić information content (AvgIpc) is 2.84. The van der Waals surface area contributed by atoms with Crippen LogP contribution in [0.4, 0.5) is 0 Å². The van der Waals surface area contributed by atoms with Crippen LogP contribution in [0, 0.1) is 5.92 Å². The SMILES string of the molecule is CC(C)OC1=C(c2ccccc2)C[C@H]2CC(=O)[C@@]12c1ccccc1. The smallest absolute Gasteiger partial charge is 0.151 e.